The van der Waals surface area contributed by atoms with Crippen molar-refractivity contribution in [2.45, 2.75) is 51.5 Å². The fraction of sp³-hybridized carbons (Fsp3) is 0.632. The van der Waals surface area contributed by atoms with Crippen molar-refractivity contribution in [1.82, 2.24) is 5.32 Å². The summed E-state index contributed by atoms with van der Waals surface area (Å²) in [6.45, 7) is 1.98. The lowest BCUT2D eigenvalue weighted by molar-refractivity contribution is -0.0688. The van der Waals surface area contributed by atoms with Gasteiger partial charge >= 0.3 is 0 Å². The topological polar surface area (TPSA) is 29.1 Å². The molecule has 0 heterocycles. The van der Waals surface area contributed by atoms with E-state index in [4.69, 9.17) is 0 Å². The maximum Gasteiger partial charge on any atom is 0.254 e. The Morgan fingerprint density at radius 1 is 1.04 bits per heavy atom. The molecular formula is C19H22F3NO. The molecule has 5 heteroatoms. The number of rotatable bonds is 3. The molecule has 1 N–H and O–H groups in total. The molecule has 4 fully saturated rings. The van der Waals surface area contributed by atoms with Crippen LogP contribution < -0.4 is 5.32 Å². The van der Waals surface area contributed by atoms with Gasteiger partial charge in [-0.05, 0) is 80.8 Å². The normalized spacial score (nSPS) is 35.1. The summed E-state index contributed by atoms with van der Waals surface area (Å²) >= 11 is 0. The van der Waals surface area contributed by atoms with E-state index in [1.165, 1.54) is 19.3 Å². The summed E-state index contributed by atoms with van der Waals surface area (Å²) in [4.78, 5) is 12.4. The molecule has 1 amide bonds. The number of carbonyl (C=O) groups is 1. The van der Waals surface area contributed by atoms with Crippen LogP contribution in [0.5, 0.6) is 0 Å². The van der Waals surface area contributed by atoms with Crippen molar-refractivity contribution in [3.63, 3.8) is 0 Å². The molecule has 4 aliphatic rings. The van der Waals surface area contributed by atoms with Crippen LogP contribution in [0.15, 0.2) is 12.1 Å². The molecule has 130 valence electrons. The zero-order valence-electron chi connectivity index (χ0n) is 13.7. The van der Waals surface area contributed by atoms with Crippen LogP contribution in [0.25, 0.3) is 0 Å². The molecule has 0 saturated heterocycles. The molecule has 2 nitrogen and oxygen atoms in total. The van der Waals surface area contributed by atoms with Crippen molar-refractivity contribution in [2.75, 3.05) is 0 Å². The van der Waals surface area contributed by atoms with Crippen LogP contribution in [-0.2, 0) is 0 Å². The average Bonchev–Trinajstić information content (AvgIpc) is 2.51. The number of halogens is 3. The molecule has 4 bridgehead atoms. The summed E-state index contributed by atoms with van der Waals surface area (Å²) in [5.41, 5.74) is -0.343. The van der Waals surface area contributed by atoms with Crippen molar-refractivity contribution in [2.24, 2.45) is 23.2 Å². The Balaban J connectivity index is 1.53. The number of nitrogens with one attached hydrogen (secondary N) is 1. The van der Waals surface area contributed by atoms with Crippen LogP contribution in [0.1, 0.15) is 55.8 Å². The highest BCUT2D eigenvalue weighted by Crippen LogP contribution is 2.61. The number of hydrogen-bond donors (Lipinski definition) is 1. The van der Waals surface area contributed by atoms with Crippen LogP contribution in [0.2, 0.25) is 0 Å². The summed E-state index contributed by atoms with van der Waals surface area (Å²) < 4.78 is 40.3. The second kappa shape index (κ2) is 5.50. The largest absolute Gasteiger partial charge is 0.349 e. The van der Waals surface area contributed by atoms with Crippen LogP contribution in [0.4, 0.5) is 13.2 Å². The quantitative estimate of drug-likeness (QED) is 0.812. The van der Waals surface area contributed by atoms with Crippen LogP contribution >= 0.6 is 0 Å². The molecule has 0 aromatic heterocycles. The maximum absolute atomic E-state index is 13.8. The first-order chi connectivity index (χ1) is 11.4. The van der Waals surface area contributed by atoms with Crippen molar-refractivity contribution < 1.29 is 18.0 Å². The standard InChI is InChI=1S/C19H22F3NO/c1-10(19-7-11-4-12(8-19)6-13(5-11)9-19)23-18(24)14-2-3-15(20)17(22)16(14)21/h2-3,10-13H,4-9H2,1H3,(H,23,24). The van der Waals surface area contributed by atoms with Gasteiger partial charge in [0.25, 0.3) is 5.91 Å². The summed E-state index contributed by atoms with van der Waals surface area (Å²) in [5, 5.41) is 2.87. The Hall–Kier alpha value is -1.52. The molecule has 0 spiro atoms. The van der Waals surface area contributed by atoms with E-state index in [9.17, 15) is 18.0 Å². The summed E-state index contributed by atoms with van der Waals surface area (Å²) in [6, 6.07) is 1.71. The highest BCUT2D eigenvalue weighted by Gasteiger charge is 2.53. The number of benzene rings is 1. The van der Waals surface area contributed by atoms with Gasteiger partial charge in [-0.25, -0.2) is 13.2 Å². The van der Waals surface area contributed by atoms with Crippen molar-refractivity contribution in [3.05, 3.63) is 35.1 Å². The van der Waals surface area contributed by atoms with Crippen molar-refractivity contribution in [3.8, 4) is 0 Å². The van der Waals surface area contributed by atoms with E-state index < -0.39 is 28.9 Å². The van der Waals surface area contributed by atoms with Crippen LogP contribution in [0.3, 0.4) is 0 Å². The molecule has 4 aliphatic carbocycles. The minimum absolute atomic E-state index is 0.0828. The predicted octanol–water partition coefficient (Wildman–Crippen LogP) is 4.44. The smallest absolute Gasteiger partial charge is 0.254 e. The van der Waals surface area contributed by atoms with E-state index in [1.54, 1.807) is 0 Å². The Bertz CT molecular complexity index is 652. The molecule has 24 heavy (non-hydrogen) atoms. The third-order valence-electron chi connectivity index (χ3n) is 6.63. The molecule has 4 saturated carbocycles. The first-order valence-electron chi connectivity index (χ1n) is 8.82. The Morgan fingerprint density at radius 3 is 2.12 bits per heavy atom. The molecule has 5 rings (SSSR count). The van der Waals surface area contributed by atoms with Crippen LogP contribution in [-0.4, -0.2) is 11.9 Å². The Morgan fingerprint density at radius 2 is 1.58 bits per heavy atom. The zero-order chi connectivity index (χ0) is 17.1. The van der Waals surface area contributed by atoms with Gasteiger partial charge in [0.15, 0.2) is 17.5 Å². The van der Waals surface area contributed by atoms with Gasteiger partial charge in [0.05, 0.1) is 5.56 Å². The number of carbonyl (C=O) groups excluding carboxylic acids is 1. The fourth-order valence-corrected chi connectivity index (χ4v) is 5.84. The minimum atomic E-state index is -1.59. The third kappa shape index (κ3) is 2.44. The molecule has 0 aliphatic heterocycles. The summed E-state index contributed by atoms with van der Waals surface area (Å²) in [5.74, 6) is -2.70. The lowest BCUT2D eigenvalue weighted by atomic mass is 9.48. The van der Waals surface area contributed by atoms with E-state index in [0.717, 1.165) is 49.1 Å². The Labute approximate surface area is 139 Å². The SMILES string of the molecule is CC(NC(=O)c1ccc(F)c(F)c1F)C12CC3CC(CC(C3)C1)C2. The minimum Gasteiger partial charge on any atom is -0.349 e. The molecule has 0 radical (unpaired) electrons. The highest BCUT2D eigenvalue weighted by atomic mass is 19.2. The lowest BCUT2D eigenvalue weighted by Gasteiger charge is -2.59. The van der Waals surface area contributed by atoms with Gasteiger partial charge in [-0.1, -0.05) is 0 Å². The second-order valence-corrected chi connectivity index (χ2v) is 8.20. The molecule has 1 unspecified atom stereocenters. The van der Waals surface area contributed by atoms with E-state index >= 15 is 0 Å². The number of hydrogen-bond acceptors (Lipinski definition) is 1. The second-order valence-electron chi connectivity index (χ2n) is 8.20. The van der Waals surface area contributed by atoms with E-state index in [1.807, 2.05) is 6.92 Å². The van der Waals surface area contributed by atoms with Gasteiger partial charge in [0.2, 0.25) is 0 Å². The van der Waals surface area contributed by atoms with Gasteiger partial charge in [-0.2, -0.15) is 0 Å². The van der Waals surface area contributed by atoms with E-state index in [-0.39, 0.29) is 11.5 Å². The molecule has 1 aromatic rings. The van der Waals surface area contributed by atoms with Crippen molar-refractivity contribution >= 4 is 5.91 Å². The van der Waals surface area contributed by atoms with E-state index in [2.05, 4.69) is 5.32 Å². The fourth-order valence-electron chi connectivity index (χ4n) is 5.84. The maximum atomic E-state index is 13.8. The van der Waals surface area contributed by atoms with E-state index in [0.29, 0.717) is 0 Å². The lowest BCUT2D eigenvalue weighted by Crippen LogP contribution is -2.55. The first-order valence-corrected chi connectivity index (χ1v) is 8.82. The third-order valence-corrected chi connectivity index (χ3v) is 6.63. The average molecular weight is 337 g/mol. The summed E-state index contributed by atoms with van der Waals surface area (Å²) in [6.07, 6.45) is 7.25. The van der Waals surface area contributed by atoms with Gasteiger partial charge in [0, 0.05) is 6.04 Å². The highest BCUT2D eigenvalue weighted by molar-refractivity contribution is 5.94. The molecule has 1 aromatic carbocycles. The zero-order valence-corrected chi connectivity index (χ0v) is 13.7. The van der Waals surface area contributed by atoms with Gasteiger partial charge in [-0.3, -0.25) is 4.79 Å². The molecular weight excluding hydrogens is 315 g/mol. The number of amides is 1. The monoisotopic (exact) mass is 337 g/mol. The summed E-state index contributed by atoms with van der Waals surface area (Å²) in [7, 11) is 0. The van der Waals surface area contributed by atoms with Crippen molar-refractivity contribution in [1.29, 1.82) is 0 Å². The predicted molar refractivity (Wildman–Crippen MR) is 83.8 cm³/mol. The van der Waals surface area contributed by atoms with Gasteiger partial charge in [0.1, 0.15) is 0 Å². The van der Waals surface area contributed by atoms with Gasteiger partial charge < -0.3 is 5.32 Å². The van der Waals surface area contributed by atoms with Crippen LogP contribution in [0, 0.1) is 40.6 Å². The van der Waals surface area contributed by atoms with Gasteiger partial charge in [-0.15, -0.1) is 0 Å². The first kappa shape index (κ1) is 16.0. The Kier molecular flexibility index (Phi) is 3.66. The molecule has 1 atom stereocenters.